The highest BCUT2D eigenvalue weighted by Crippen LogP contribution is 2.20. The summed E-state index contributed by atoms with van der Waals surface area (Å²) in [6.07, 6.45) is 0. The van der Waals surface area contributed by atoms with Crippen molar-refractivity contribution in [2.75, 3.05) is 17.2 Å². The van der Waals surface area contributed by atoms with Crippen molar-refractivity contribution in [3.05, 3.63) is 28.0 Å². The van der Waals surface area contributed by atoms with Gasteiger partial charge in [-0.25, -0.2) is 15.0 Å². The molecule has 96 valence electrons. The third-order valence-electron chi connectivity index (χ3n) is 2.52. The van der Waals surface area contributed by atoms with Crippen LogP contribution in [0.4, 0.5) is 11.6 Å². The Morgan fingerprint density at radius 3 is 2.50 bits per heavy atom. The predicted molar refractivity (Wildman–Crippen MR) is 75.1 cm³/mol. The van der Waals surface area contributed by atoms with Crippen molar-refractivity contribution in [2.24, 2.45) is 0 Å². The van der Waals surface area contributed by atoms with Crippen molar-refractivity contribution in [1.29, 1.82) is 0 Å². The van der Waals surface area contributed by atoms with Gasteiger partial charge in [-0.3, -0.25) is 0 Å². The van der Waals surface area contributed by atoms with Gasteiger partial charge in [0.2, 0.25) is 0 Å². The largest absolute Gasteiger partial charge is 0.370 e. The first-order valence-electron chi connectivity index (χ1n) is 5.90. The van der Waals surface area contributed by atoms with Crippen LogP contribution in [0.3, 0.4) is 0 Å². The van der Waals surface area contributed by atoms with Crippen molar-refractivity contribution in [1.82, 2.24) is 15.0 Å². The van der Waals surface area contributed by atoms with E-state index in [0.717, 1.165) is 35.3 Å². The van der Waals surface area contributed by atoms with Crippen LogP contribution < -0.4 is 10.6 Å². The van der Waals surface area contributed by atoms with Gasteiger partial charge in [0.05, 0.1) is 17.7 Å². The number of nitrogens with zero attached hydrogens (tertiary/aromatic N) is 3. The first-order valence-corrected chi connectivity index (χ1v) is 6.85. The number of rotatable bonds is 5. The molecule has 0 atom stereocenters. The van der Waals surface area contributed by atoms with E-state index in [1.165, 1.54) is 0 Å². The molecule has 0 spiro atoms. The summed E-state index contributed by atoms with van der Waals surface area (Å²) in [6.45, 7) is 7.50. The van der Waals surface area contributed by atoms with Gasteiger partial charge in [-0.15, -0.1) is 11.3 Å². The molecule has 5 nitrogen and oxygen atoms in total. The number of hydrogen-bond donors (Lipinski definition) is 2. The number of hydrogen-bond acceptors (Lipinski definition) is 6. The van der Waals surface area contributed by atoms with Crippen LogP contribution in [0.25, 0.3) is 0 Å². The summed E-state index contributed by atoms with van der Waals surface area (Å²) in [6, 6.07) is 0. The second-order valence-corrected chi connectivity index (χ2v) is 4.68. The molecule has 18 heavy (non-hydrogen) atoms. The van der Waals surface area contributed by atoms with Crippen LogP contribution >= 0.6 is 11.3 Å². The number of aromatic nitrogens is 3. The zero-order valence-corrected chi connectivity index (χ0v) is 11.6. The Labute approximate surface area is 111 Å². The maximum atomic E-state index is 4.43. The van der Waals surface area contributed by atoms with Gasteiger partial charge in [0.15, 0.2) is 0 Å². The first kappa shape index (κ1) is 12.8. The molecule has 2 aromatic rings. The average Bonchev–Trinajstić information content (AvgIpc) is 2.85. The molecule has 0 aliphatic heterocycles. The van der Waals surface area contributed by atoms with Crippen molar-refractivity contribution in [2.45, 2.75) is 27.3 Å². The first-order chi connectivity index (χ1) is 8.70. The SMILES string of the molecule is CCNc1nc(C)nc(NCc2cscn2)c1C. The Morgan fingerprint density at radius 2 is 1.89 bits per heavy atom. The van der Waals surface area contributed by atoms with Crippen LogP contribution in [0.5, 0.6) is 0 Å². The molecule has 6 heteroatoms. The molecular weight excluding hydrogens is 246 g/mol. The molecule has 0 aliphatic carbocycles. The smallest absolute Gasteiger partial charge is 0.135 e. The minimum absolute atomic E-state index is 0.687. The molecule has 0 fully saturated rings. The summed E-state index contributed by atoms with van der Waals surface area (Å²) in [7, 11) is 0. The molecule has 0 saturated heterocycles. The van der Waals surface area contributed by atoms with E-state index in [0.29, 0.717) is 6.54 Å². The zero-order valence-electron chi connectivity index (χ0n) is 10.8. The number of thiazole rings is 1. The van der Waals surface area contributed by atoms with E-state index >= 15 is 0 Å². The summed E-state index contributed by atoms with van der Waals surface area (Å²) < 4.78 is 0. The molecule has 0 unspecified atom stereocenters. The van der Waals surface area contributed by atoms with Gasteiger partial charge in [-0.2, -0.15) is 0 Å². The van der Waals surface area contributed by atoms with Gasteiger partial charge < -0.3 is 10.6 Å². The lowest BCUT2D eigenvalue weighted by atomic mass is 10.3. The Morgan fingerprint density at radius 1 is 1.17 bits per heavy atom. The summed E-state index contributed by atoms with van der Waals surface area (Å²) in [5.41, 5.74) is 3.90. The quantitative estimate of drug-likeness (QED) is 0.868. The molecule has 0 bridgehead atoms. The van der Waals surface area contributed by atoms with Gasteiger partial charge in [0, 0.05) is 17.5 Å². The van der Waals surface area contributed by atoms with Crippen LogP contribution in [-0.4, -0.2) is 21.5 Å². The summed E-state index contributed by atoms with van der Waals surface area (Å²) in [4.78, 5) is 13.1. The Hall–Kier alpha value is -1.69. The topological polar surface area (TPSA) is 62.7 Å². The van der Waals surface area contributed by atoms with E-state index < -0.39 is 0 Å². The fourth-order valence-corrected chi connectivity index (χ4v) is 2.20. The van der Waals surface area contributed by atoms with E-state index in [9.17, 15) is 0 Å². The Kier molecular flexibility index (Phi) is 4.09. The van der Waals surface area contributed by atoms with E-state index in [4.69, 9.17) is 0 Å². The average molecular weight is 263 g/mol. The molecule has 2 aromatic heterocycles. The van der Waals surface area contributed by atoms with Crippen LogP contribution in [0.1, 0.15) is 24.0 Å². The third-order valence-corrected chi connectivity index (χ3v) is 3.16. The molecule has 0 radical (unpaired) electrons. The second kappa shape index (κ2) is 5.77. The fraction of sp³-hybridized carbons (Fsp3) is 0.417. The third kappa shape index (κ3) is 2.95. The molecule has 0 aliphatic rings. The molecule has 2 rings (SSSR count). The maximum Gasteiger partial charge on any atom is 0.135 e. The molecule has 0 aromatic carbocycles. The highest BCUT2D eigenvalue weighted by atomic mass is 32.1. The van der Waals surface area contributed by atoms with Crippen molar-refractivity contribution in [3.8, 4) is 0 Å². The minimum atomic E-state index is 0.687. The molecule has 2 N–H and O–H groups in total. The van der Waals surface area contributed by atoms with Crippen molar-refractivity contribution in [3.63, 3.8) is 0 Å². The van der Waals surface area contributed by atoms with Crippen LogP contribution in [0.15, 0.2) is 10.9 Å². The lowest BCUT2D eigenvalue weighted by Gasteiger charge is -2.12. The van der Waals surface area contributed by atoms with Gasteiger partial charge in [0.25, 0.3) is 0 Å². The lowest BCUT2D eigenvalue weighted by molar-refractivity contribution is 0.981. The number of anilines is 2. The van der Waals surface area contributed by atoms with Crippen molar-refractivity contribution >= 4 is 23.0 Å². The predicted octanol–water partition coefficient (Wildman–Crippen LogP) is 2.59. The lowest BCUT2D eigenvalue weighted by Crippen LogP contribution is -2.10. The monoisotopic (exact) mass is 263 g/mol. The normalized spacial score (nSPS) is 10.4. The van der Waals surface area contributed by atoms with Gasteiger partial charge in [-0.05, 0) is 20.8 Å². The molecular formula is C12H17N5S. The van der Waals surface area contributed by atoms with Gasteiger partial charge >= 0.3 is 0 Å². The van der Waals surface area contributed by atoms with E-state index in [1.54, 1.807) is 11.3 Å². The fourth-order valence-electron chi connectivity index (χ4n) is 1.64. The van der Waals surface area contributed by atoms with Crippen molar-refractivity contribution < 1.29 is 0 Å². The van der Waals surface area contributed by atoms with Crippen LogP contribution in [0.2, 0.25) is 0 Å². The maximum absolute atomic E-state index is 4.43. The van der Waals surface area contributed by atoms with Crippen LogP contribution in [-0.2, 0) is 6.54 Å². The van der Waals surface area contributed by atoms with E-state index in [-0.39, 0.29) is 0 Å². The zero-order chi connectivity index (χ0) is 13.0. The number of nitrogens with one attached hydrogen (secondary N) is 2. The standard InChI is InChI=1S/C12H17N5S/c1-4-13-11-8(2)12(17-9(3)16-11)14-5-10-6-18-7-15-10/h6-7H,4-5H2,1-3H3,(H2,13,14,16,17). The highest BCUT2D eigenvalue weighted by molar-refractivity contribution is 7.07. The Balaban J connectivity index is 2.16. The van der Waals surface area contributed by atoms with E-state index in [2.05, 4.69) is 32.5 Å². The van der Waals surface area contributed by atoms with E-state index in [1.807, 2.05) is 24.7 Å². The highest BCUT2D eigenvalue weighted by Gasteiger charge is 2.08. The molecule has 2 heterocycles. The van der Waals surface area contributed by atoms with Gasteiger partial charge in [0.1, 0.15) is 17.5 Å². The second-order valence-electron chi connectivity index (χ2n) is 3.96. The Bertz CT molecular complexity index is 509. The molecule has 0 amide bonds. The number of aryl methyl sites for hydroxylation is 1. The summed E-state index contributed by atoms with van der Waals surface area (Å²) in [5, 5.41) is 8.58. The molecule has 0 saturated carbocycles. The summed E-state index contributed by atoms with van der Waals surface area (Å²) in [5.74, 6) is 2.52. The van der Waals surface area contributed by atoms with Gasteiger partial charge in [-0.1, -0.05) is 0 Å². The summed E-state index contributed by atoms with van der Waals surface area (Å²) >= 11 is 1.60. The minimum Gasteiger partial charge on any atom is -0.370 e. The van der Waals surface area contributed by atoms with Crippen LogP contribution in [0, 0.1) is 13.8 Å².